The molecule has 2 heterocycles. The number of amides is 2. The molecule has 2 amide bonds. The Labute approximate surface area is 142 Å². The number of carbonyl (C=O) groups excluding carboxylic acids is 2. The number of anilines is 1. The predicted molar refractivity (Wildman–Crippen MR) is 94.7 cm³/mol. The van der Waals surface area contributed by atoms with E-state index in [-0.39, 0.29) is 12.3 Å². The van der Waals surface area contributed by atoms with Crippen LogP contribution in [-0.4, -0.2) is 23.2 Å². The molecular weight excluding hydrogens is 326 g/mol. The largest absolute Gasteiger partial charge is 0.326 e. The van der Waals surface area contributed by atoms with E-state index in [1.807, 2.05) is 18.2 Å². The SMILES string of the molecule is O=C(CC1=CCC=CN=C1)Nc1ccc2sc(C(=O)NO)cc2c1. The summed E-state index contributed by atoms with van der Waals surface area (Å²) in [6.45, 7) is 0. The topological polar surface area (TPSA) is 90.8 Å². The third-order valence-electron chi connectivity index (χ3n) is 3.44. The zero-order valence-electron chi connectivity index (χ0n) is 12.7. The first kappa shape index (κ1) is 16.1. The summed E-state index contributed by atoms with van der Waals surface area (Å²) in [4.78, 5) is 28.1. The Morgan fingerprint density at radius 1 is 1.29 bits per heavy atom. The van der Waals surface area contributed by atoms with Crippen LogP contribution in [0.4, 0.5) is 5.69 Å². The second kappa shape index (κ2) is 7.20. The van der Waals surface area contributed by atoms with Gasteiger partial charge in [0.15, 0.2) is 0 Å². The van der Waals surface area contributed by atoms with E-state index in [4.69, 9.17) is 5.21 Å². The summed E-state index contributed by atoms with van der Waals surface area (Å²) in [5.41, 5.74) is 3.15. The number of fused-ring (bicyclic) bond motifs is 1. The van der Waals surface area contributed by atoms with Crippen LogP contribution in [0.3, 0.4) is 0 Å². The van der Waals surface area contributed by atoms with Crippen molar-refractivity contribution < 1.29 is 14.8 Å². The lowest BCUT2D eigenvalue weighted by molar-refractivity contribution is -0.115. The molecule has 3 rings (SSSR count). The van der Waals surface area contributed by atoms with E-state index in [0.29, 0.717) is 10.6 Å². The highest BCUT2D eigenvalue weighted by Gasteiger charge is 2.11. The van der Waals surface area contributed by atoms with Gasteiger partial charge in [0, 0.05) is 22.8 Å². The Balaban J connectivity index is 1.71. The van der Waals surface area contributed by atoms with Crippen molar-refractivity contribution in [3.63, 3.8) is 0 Å². The highest BCUT2D eigenvalue weighted by molar-refractivity contribution is 7.20. The van der Waals surface area contributed by atoms with Crippen LogP contribution in [-0.2, 0) is 4.79 Å². The lowest BCUT2D eigenvalue weighted by atomic mass is 10.1. The fraction of sp³-hybridized carbons (Fsp3) is 0.118. The van der Waals surface area contributed by atoms with Gasteiger partial charge in [-0.1, -0.05) is 12.2 Å². The maximum Gasteiger partial charge on any atom is 0.284 e. The minimum atomic E-state index is -0.546. The molecule has 0 saturated carbocycles. The van der Waals surface area contributed by atoms with Gasteiger partial charge in [0.05, 0.1) is 11.3 Å². The van der Waals surface area contributed by atoms with Gasteiger partial charge in [-0.15, -0.1) is 11.3 Å². The molecule has 3 N–H and O–H groups in total. The maximum absolute atomic E-state index is 12.2. The van der Waals surface area contributed by atoms with E-state index >= 15 is 0 Å². The second-order valence-electron chi connectivity index (χ2n) is 5.21. The Bertz CT molecular complexity index is 880. The molecule has 24 heavy (non-hydrogen) atoms. The van der Waals surface area contributed by atoms with Crippen molar-refractivity contribution in [3.8, 4) is 0 Å². The van der Waals surface area contributed by atoms with Crippen LogP contribution in [0.5, 0.6) is 0 Å². The summed E-state index contributed by atoms with van der Waals surface area (Å²) >= 11 is 1.27. The number of thiophene rings is 1. The molecule has 1 aromatic heterocycles. The van der Waals surface area contributed by atoms with Gasteiger partial charge in [-0.3, -0.25) is 19.8 Å². The number of hydroxylamine groups is 1. The summed E-state index contributed by atoms with van der Waals surface area (Å²) < 4.78 is 0.899. The van der Waals surface area contributed by atoms with E-state index in [2.05, 4.69) is 10.3 Å². The fourth-order valence-electron chi connectivity index (χ4n) is 2.33. The zero-order valence-corrected chi connectivity index (χ0v) is 13.5. The van der Waals surface area contributed by atoms with Gasteiger partial charge in [-0.2, -0.15) is 0 Å². The number of hydrogen-bond acceptors (Lipinski definition) is 5. The van der Waals surface area contributed by atoms with E-state index in [1.165, 1.54) is 11.3 Å². The zero-order chi connectivity index (χ0) is 16.9. The molecule has 122 valence electrons. The predicted octanol–water partition coefficient (Wildman–Crippen LogP) is 3.26. The molecule has 7 heteroatoms. The molecule has 1 aliphatic heterocycles. The molecule has 0 spiro atoms. The number of benzene rings is 1. The Kier molecular flexibility index (Phi) is 4.83. The highest BCUT2D eigenvalue weighted by atomic mass is 32.1. The van der Waals surface area contributed by atoms with Crippen molar-refractivity contribution in [2.75, 3.05) is 5.32 Å². The molecule has 0 bridgehead atoms. The molecule has 0 fully saturated rings. The van der Waals surface area contributed by atoms with Gasteiger partial charge in [-0.25, -0.2) is 5.48 Å². The van der Waals surface area contributed by atoms with Crippen LogP contribution in [0.25, 0.3) is 10.1 Å². The van der Waals surface area contributed by atoms with Gasteiger partial charge in [0.1, 0.15) is 0 Å². The van der Waals surface area contributed by atoms with Crippen molar-refractivity contribution in [1.82, 2.24) is 5.48 Å². The fourth-order valence-corrected chi connectivity index (χ4v) is 3.26. The molecule has 6 nitrogen and oxygen atoms in total. The molecule has 0 aliphatic carbocycles. The van der Waals surface area contributed by atoms with Crippen molar-refractivity contribution in [3.05, 3.63) is 53.1 Å². The number of nitrogens with one attached hydrogen (secondary N) is 2. The molecule has 1 aromatic carbocycles. The molecule has 0 saturated heterocycles. The molecule has 0 radical (unpaired) electrons. The molecule has 1 aliphatic rings. The minimum absolute atomic E-state index is 0.127. The first-order valence-corrected chi connectivity index (χ1v) is 8.12. The third-order valence-corrected chi connectivity index (χ3v) is 4.55. The van der Waals surface area contributed by atoms with Crippen molar-refractivity contribution in [1.29, 1.82) is 0 Å². The number of hydrogen-bond donors (Lipinski definition) is 3. The maximum atomic E-state index is 12.2. The Morgan fingerprint density at radius 2 is 2.17 bits per heavy atom. The third kappa shape index (κ3) is 3.76. The summed E-state index contributed by atoms with van der Waals surface area (Å²) in [6.07, 6.45) is 8.31. The van der Waals surface area contributed by atoms with Crippen molar-refractivity contribution in [2.24, 2.45) is 4.99 Å². The minimum Gasteiger partial charge on any atom is -0.326 e. The Morgan fingerprint density at radius 3 is 3.00 bits per heavy atom. The van der Waals surface area contributed by atoms with Gasteiger partial charge in [0.2, 0.25) is 5.91 Å². The van der Waals surface area contributed by atoms with Crippen LogP contribution in [0, 0.1) is 0 Å². The van der Waals surface area contributed by atoms with E-state index in [1.54, 1.807) is 36.1 Å². The van der Waals surface area contributed by atoms with E-state index < -0.39 is 5.91 Å². The normalized spacial score (nSPS) is 13.5. The highest BCUT2D eigenvalue weighted by Crippen LogP contribution is 2.28. The quantitative estimate of drug-likeness (QED) is 0.589. The number of rotatable bonds is 4. The van der Waals surface area contributed by atoms with Crippen LogP contribution < -0.4 is 10.8 Å². The van der Waals surface area contributed by atoms with Crippen molar-refractivity contribution >= 4 is 45.1 Å². The van der Waals surface area contributed by atoms with Gasteiger partial charge < -0.3 is 5.32 Å². The van der Waals surface area contributed by atoms with Crippen LogP contribution >= 0.6 is 11.3 Å². The lowest BCUT2D eigenvalue weighted by Crippen LogP contribution is -2.16. The van der Waals surface area contributed by atoms with Crippen molar-refractivity contribution in [2.45, 2.75) is 12.8 Å². The van der Waals surface area contributed by atoms with Crippen LogP contribution in [0.2, 0.25) is 0 Å². The smallest absolute Gasteiger partial charge is 0.284 e. The molecule has 2 aromatic rings. The first-order valence-electron chi connectivity index (χ1n) is 7.31. The van der Waals surface area contributed by atoms with Crippen LogP contribution in [0.15, 0.2) is 53.2 Å². The standard InChI is InChI=1S/C17H15N3O3S/c21-16(7-11-3-1-2-6-18-10-11)19-13-4-5-14-12(8-13)9-15(24-14)17(22)20-23/h2-6,8-10,23H,1,7H2,(H,19,21)(H,20,22). The Hall–Kier alpha value is -2.77. The average Bonchev–Trinajstić information content (AvgIpc) is 2.83. The number of nitrogens with zero attached hydrogens (tertiary/aromatic N) is 1. The summed E-state index contributed by atoms with van der Waals surface area (Å²) in [5.74, 6) is -0.674. The van der Waals surface area contributed by atoms with E-state index in [9.17, 15) is 9.59 Å². The van der Waals surface area contributed by atoms with Gasteiger partial charge in [0.25, 0.3) is 5.91 Å². The van der Waals surface area contributed by atoms with E-state index in [0.717, 1.165) is 22.1 Å². The first-order chi connectivity index (χ1) is 11.7. The second-order valence-corrected chi connectivity index (χ2v) is 6.29. The molecular formula is C17H15N3O3S. The average molecular weight is 341 g/mol. The molecule has 0 atom stereocenters. The van der Waals surface area contributed by atoms with Gasteiger partial charge >= 0.3 is 0 Å². The monoisotopic (exact) mass is 341 g/mol. The van der Waals surface area contributed by atoms with Gasteiger partial charge in [-0.05, 0) is 41.6 Å². The van der Waals surface area contributed by atoms with Crippen LogP contribution in [0.1, 0.15) is 22.5 Å². The summed E-state index contributed by atoms with van der Waals surface area (Å²) in [6, 6.07) is 7.09. The number of aliphatic imine (C=N–C) groups is 1. The number of carbonyl (C=O) groups is 2. The molecule has 0 unspecified atom stereocenters. The number of allylic oxidation sites excluding steroid dienone is 2. The summed E-state index contributed by atoms with van der Waals surface area (Å²) in [7, 11) is 0. The summed E-state index contributed by atoms with van der Waals surface area (Å²) in [5, 5.41) is 12.4. The lowest BCUT2D eigenvalue weighted by Gasteiger charge is -2.05.